The van der Waals surface area contributed by atoms with Gasteiger partial charge in [-0.25, -0.2) is 0 Å². The minimum Gasteiger partial charge on any atom is -0.0683 e. The van der Waals surface area contributed by atoms with E-state index < -0.39 is 0 Å². The van der Waals surface area contributed by atoms with Gasteiger partial charge in [-0.05, 0) is 42.7 Å². The summed E-state index contributed by atoms with van der Waals surface area (Å²) in [5.74, 6) is 0.797. The molecule has 0 aromatic heterocycles. The first-order chi connectivity index (χ1) is 9.84. The van der Waals surface area contributed by atoms with Crippen LogP contribution in [0.4, 0.5) is 0 Å². The molecule has 0 amide bonds. The van der Waals surface area contributed by atoms with Crippen LogP contribution in [0.5, 0.6) is 0 Å². The lowest BCUT2D eigenvalue weighted by Gasteiger charge is -2.11. The second-order valence-electron chi connectivity index (χ2n) is 5.15. The van der Waals surface area contributed by atoms with E-state index >= 15 is 0 Å². The summed E-state index contributed by atoms with van der Waals surface area (Å²) in [6.45, 7) is 6.37. The Morgan fingerprint density at radius 3 is 1.35 bits per heavy atom. The zero-order chi connectivity index (χ0) is 14.6. The molecule has 0 aliphatic carbocycles. The predicted octanol–water partition coefficient (Wildman–Crippen LogP) is 5.91. The maximum Gasteiger partial charge on any atom is -0.0276 e. The number of aryl methyl sites for hydroxylation is 2. The highest BCUT2D eigenvalue weighted by atomic mass is 14.1. The molecule has 0 heterocycles. The standard InChI is InChI=1S/C18H22.C2H6/c1-16(12-14-17-8-4-2-5-9-17)13-15-18-10-6-3-7-11-18;1-2/h2-11,16H,12-15H2,1H3;1-2H3. The second kappa shape index (κ2) is 10.3. The van der Waals surface area contributed by atoms with Crippen LogP contribution in [0.25, 0.3) is 0 Å². The van der Waals surface area contributed by atoms with Gasteiger partial charge in [0.2, 0.25) is 0 Å². The molecule has 0 saturated heterocycles. The van der Waals surface area contributed by atoms with E-state index in [1.807, 2.05) is 13.8 Å². The van der Waals surface area contributed by atoms with E-state index in [0.29, 0.717) is 0 Å². The summed E-state index contributed by atoms with van der Waals surface area (Å²) in [6, 6.07) is 21.6. The van der Waals surface area contributed by atoms with Crippen molar-refractivity contribution >= 4 is 0 Å². The Labute approximate surface area is 124 Å². The molecule has 0 radical (unpaired) electrons. The van der Waals surface area contributed by atoms with Crippen LogP contribution in [-0.2, 0) is 12.8 Å². The molecule has 0 atom stereocenters. The Morgan fingerprint density at radius 2 is 1.00 bits per heavy atom. The highest BCUT2D eigenvalue weighted by molar-refractivity contribution is 5.15. The molecule has 0 fully saturated rings. The first-order valence-electron chi connectivity index (χ1n) is 7.92. The van der Waals surface area contributed by atoms with E-state index in [9.17, 15) is 0 Å². The molecule has 108 valence electrons. The molecule has 0 heteroatoms. The maximum absolute atomic E-state index is 2.37. The fraction of sp³-hybridized carbons (Fsp3) is 0.400. The Hall–Kier alpha value is -1.56. The van der Waals surface area contributed by atoms with Crippen molar-refractivity contribution < 1.29 is 0 Å². The van der Waals surface area contributed by atoms with Gasteiger partial charge < -0.3 is 0 Å². The van der Waals surface area contributed by atoms with Crippen molar-refractivity contribution in [1.29, 1.82) is 0 Å². The van der Waals surface area contributed by atoms with Crippen LogP contribution in [0.1, 0.15) is 44.7 Å². The first-order valence-corrected chi connectivity index (χ1v) is 7.92. The third kappa shape index (κ3) is 6.56. The molecule has 0 N–H and O–H groups in total. The third-order valence-electron chi connectivity index (χ3n) is 3.54. The Morgan fingerprint density at radius 1 is 0.650 bits per heavy atom. The van der Waals surface area contributed by atoms with Crippen molar-refractivity contribution in [1.82, 2.24) is 0 Å². The van der Waals surface area contributed by atoms with Gasteiger partial charge in [-0.3, -0.25) is 0 Å². The van der Waals surface area contributed by atoms with Crippen molar-refractivity contribution in [3.05, 3.63) is 71.8 Å². The van der Waals surface area contributed by atoms with Crippen molar-refractivity contribution in [3.63, 3.8) is 0 Å². The second-order valence-corrected chi connectivity index (χ2v) is 5.15. The molecular weight excluding hydrogens is 240 g/mol. The zero-order valence-corrected chi connectivity index (χ0v) is 13.2. The van der Waals surface area contributed by atoms with E-state index in [-0.39, 0.29) is 0 Å². The first kappa shape index (κ1) is 16.5. The van der Waals surface area contributed by atoms with Gasteiger partial charge in [-0.1, -0.05) is 81.4 Å². The van der Waals surface area contributed by atoms with Gasteiger partial charge >= 0.3 is 0 Å². The molecule has 20 heavy (non-hydrogen) atoms. The average molecular weight is 268 g/mol. The van der Waals surface area contributed by atoms with Crippen LogP contribution >= 0.6 is 0 Å². The van der Waals surface area contributed by atoms with Gasteiger partial charge in [0.05, 0.1) is 0 Å². The molecule has 2 aromatic rings. The normalized spacial score (nSPS) is 10.0. The van der Waals surface area contributed by atoms with Crippen molar-refractivity contribution in [3.8, 4) is 0 Å². The van der Waals surface area contributed by atoms with E-state index in [1.54, 1.807) is 0 Å². The van der Waals surface area contributed by atoms with Gasteiger partial charge in [0.1, 0.15) is 0 Å². The smallest absolute Gasteiger partial charge is 0.0276 e. The fourth-order valence-electron chi connectivity index (χ4n) is 2.26. The van der Waals surface area contributed by atoms with Gasteiger partial charge in [-0.15, -0.1) is 0 Å². The molecule has 2 aromatic carbocycles. The van der Waals surface area contributed by atoms with Gasteiger partial charge in [0, 0.05) is 0 Å². The number of hydrogen-bond donors (Lipinski definition) is 0. The summed E-state index contributed by atoms with van der Waals surface area (Å²) in [4.78, 5) is 0. The summed E-state index contributed by atoms with van der Waals surface area (Å²) in [5, 5.41) is 0. The van der Waals surface area contributed by atoms with Crippen LogP contribution in [-0.4, -0.2) is 0 Å². The third-order valence-corrected chi connectivity index (χ3v) is 3.54. The SMILES string of the molecule is CC.CC(CCc1ccccc1)CCc1ccccc1. The molecule has 0 aliphatic rings. The van der Waals surface area contributed by atoms with Crippen LogP contribution in [0.3, 0.4) is 0 Å². The Bertz CT molecular complexity index is 387. The van der Waals surface area contributed by atoms with Crippen molar-refractivity contribution in [2.45, 2.75) is 46.5 Å². The molecule has 0 nitrogen and oxygen atoms in total. The van der Waals surface area contributed by atoms with Gasteiger partial charge in [0.15, 0.2) is 0 Å². The summed E-state index contributed by atoms with van der Waals surface area (Å²) < 4.78 is 0. The highest BCUT2D eigenvalue weighted by Crippen LogP contribution is 2.15. The zero-order valence-electron chi connectivity index (χ0n) is 13.2. The Balaban J connectivity index is 0.000000956. The van der Waals surface area contributed by atoms with Crippen molar-refractivity contribution in [2.75, 3.05) is 0 Å². The topological polar surface area (TPSA) is 0 Å². The van der Waals surface area contributed by atoms with Crippen LogP contribution in [0.2, 0.25) is 0 Å². The summed E-state index contributed by atoms with van der Waals surface area (Å²) >= 11 is 0. The van der Waals surface area contributed by atoms with Gasteiger partial charge in [0.25, 0.3) is 0 Å². The molecule has 0 unspecified atom stereocenters. The van der Waals surface area contributed by atoms with Gasteiger partial charge in [-0.2, -0.15) is 0 Å². The lowest BCUT2D eigenvalue weighted by atomic mass is 9.95. The van der Waals surface area contributed by atoms with E-state index in [4.69, 9.17) is 0 Å². The molecule has 0 bridgehead atoms. The highest BCUT2D eigenvalue weighted by Gasteiger charge is 2.03. The quantitative estimate of drug-likeness (QED) is 0.610. The summed E-state index contributed by atoms with van der Waals surface area (Å²) in [6.07, 6.45) is 4.99. The van der Waals surface area contributed by atoms with E-state index in [2.05, 4.69) is 67.6 Å². The predicted molar refractivity (Wildman–Crippen MR) is 90.0 cm³/mol. The van der Waals surface area contributed by atoms with E-state index in [0.717, 1.165) is 5.92 Å². The average Bonchev–Trinajstić information content (AvgIpc) is 2.55. The monoisotopic (exact) mass is 268 g/mol. The van der Waals surface area contributed by atoms with Crippen LogP contribution < -0.4 is 0 Å². The molecule has 0 spiro atoms. The maximum atomic E-state index is 2.37. The molecule has 0 saturated carbocycles. The lowest BCUT2D eigenvalue weighted by molar-refractivity contribution is 0.493. The lowest BCUT2D eigenvalue weighted by Crippen LogP contribution is -1.99. The molecule has 0 aliphatic heterocycles. The summed E-state index contributed by atoms with van der Waals surface area (Å²) in [5.41, 5.74) is 2.92. The van der Waals surface area contributed by atoms with Crippen LogP contribution in [0, 0.1) is 5.92 Å². The largest absolute Gasteiger partial charge is 0.0683 e. The number of hydrogen-bond acceptors (Lipinski definition) is 0. The number of rotatable bonds is 6. The number of benzene rings is 2. The van der Waals surface area contributed by atoms with Crippen molar-refractivity contribution in [2.24, 2.45) is 5.92 Å². The molecular formula is C20H28. The Kier molecular flexibility index (Phi) is 8.46. The minimum atomic E-state index is 0.797. The molecule has 2 rings (SSSR count). The van der Waals surface area contributed by atoms with Crippen LogP contribution in [0.15, 0.2) is 60.7 Å². The minimum absolute atomic E-state index is 0.797. The fourth-order valence-corrected chi connectivity index (χ4v) is 2.26. The summed E-state index contributed by atoms with van der Waals surface area (Å²) in [7, 11) is 0. The van der Waals surface area contributed by atoms with E-state index in [1.165, 1.54) is 36.8 Å².